The van der Waals surface area contributed by atoms with E-state index in [2.05, 4.69) is 10.1 Å². The van der Waals surface area contributed by atoms with Gasteiger partial charge in [-0.15, -0.1) is 11.3 Å². The molecule has 0 spiro atoms. The largest absolute Gasteiger partial charge is 0.273 e. The number of aryl methyl sites for hydroxylation is 2. The molecule has 2 aromatic heterocycles. The molecule has 0 fully saturated rings. The summed E-state index contributed by atoms with van der Waals surface area (Å²) < 4.78 is 31.4. The lowest BCUT2D eigenvalue weighted by Crippen LogP contribution is -2.12. The lowest BCUT2D eigenvalue weighted by atomic mass is 9.96. The van der Waals surface area contributed by atoms with Gasteiger partial charge in [0, 0.05) is 10.4 Å². The van der Waals surface area contributed by atoms with Crippen LogP contribution in [0.3, 0.4) is 0 Å². The fourth-order valence-corrected chi connectivity index (χ4v) is 5.55. The van der Waals surface area contributed by atoms with Crippen LogP contribution in [-0.4, -0.2) is 20.5 Å². The molecule has 0 amide bonds. The number of benzene rings is 1. The van der Waals surface area contributed by atoms with E-state index in [0.717, 1.165) is 36.2 Å². The van der Waals surface area contributed by atoms with Crippen molar-refractivity contribution < 1.29 is 8.78 Å². The van der Waals surface area contributed by atoms with Crippen LogP contribution in [0.25, 0.3) is 5.00 Å². The maximum atomic E-state index is 14.8. The predicted octanol–water partition coefficient (Wildman–Crippen LogP) is 5.10. The van der Waals surface area contributed by atoms with Crippen molar-refractivity contribution in [3.8, 4) is 5.00 Å². The Balaban J connectivity index is 1.85. The second-order valence-electron chi connectivity index (χ2n) is 7.42. The minimum absolute atomic E-state index is 0.0529. The fraction of sp³-hybridized carbons (Fsp3) is 0.381. The third-order valence-electron chi connectivity index (χ3n) is 5.47. The summed E-state index contributed by atoms with van der Waals surface area (Å²) in [7, 11) is 0. The maximum absolute atomic E-state index is 14.8. The molecule has 144 valence electrons. The lowest BCUT2D eigenvalue weighted by molar-refractivity contribution is 0.578. The Bertz CT molecular complexity index is 1090. The molecule has 0 saturated carbocycles. The van der Waals surface area contributed by atoms with E-state index in [9.17, 15) is 8.78 Å². The number of hydrogen-bond acceptors (Lipinski definition) is 4. The summed E-state index contributed by atoms with van der Waals surface area (Å²) in [5, 5.41) is 5.48. The molecule has 1 atom stereocenters. The van der Waals surface area contributed by atoms with Crippen molar-refractivity contribution in [3.63, 3.8) is 0 Å². The number of thiophene rings is 1. The van der Waals surface area contributed by atoms with Crippen molar-refractivity contribution in [1.29, 1.82) is 0 Å². The van der Waals surface area contributed by atoms with Gasteiger partial charge in [-0.3, -0.25) is 4.99 Å². The van der Waals surface area contributed by atoms with Crippen LogP contribution < -0.4 is 0 Å². The molecule has 1 aromatic carbocycles. The van der Waals surface area contributed by atoms with Gasteiger partial charge in [0.2, 0.25) is 0 Å². The van der Waals surface area contributed by atoms with Gasteiger partial charge in [-0.05, 0) is 57.2 Å². The van der Waals surface area contributed by atoms with Crippen LogP contribution in [0.15, 0.2) is 23.2 Å². The highest BCUT2D eigenvalue weighted by Crippen LogP contribution is 2.41. The number of fused-ring (bicyclic) bond motifs is 5. The summed E-state index contributed by atoms with van der Waals surface area (Å²) in [6.07, 6.45) is 5.25. The Hall–Kier alpha value is -2.41. The molecule has 0 bridgehead atoms. The van der Waals surface area contributed by atoms with Crippen molar-refractivity contribution in [1.82, 2.24) is 14.8 Å². The number of nitrogens with zero attached hydrogens (tertiary/aromatic N) is 4. The number of hydrogen-bond donors (Lipinski definition) is 0. The first-order valence-corrected chi connectivity index (χ1v) is 10.5. The molecule has 0 saturated heterocycles. The molecular weight excluding hydrogens is 378 g/mol. The first-order valence-electron chi connectivity index (χ1n) is 9.65. The molecule has 3 heterocycles. The van der Waals surface area contributed by atoms with Gasteiger partial charge in [0.15, 0.2) is 5.82 Å². The zero-order chi connectivity index (χ0) is 19.4. The van der Waals surface area contributed by atoms with Crippen molar-refractivity contribution in [2.24, 2.45) is 4.99 Å². The van der Waals surface area contributed by atoms with Gasteiger partial charge in [-0.2, -0.15) is 5.10 Å². The van der Waals surface area contributed by atoms with E-state index in [0.29, 0.717) is 17.4 Å². The molecule has 7 heteroatoms. The van der Waals surface area contributed by atoms with Crippen molar-refractivity contribution in [3.05, 3.63) is 63.0 Å². The SMILES string of the molecule is Cc1nc2n(n1)-c1sc3c(c1C(c1c(F)cccc1F)=N[C@H]2C)CCCCC3. The van der Waals surface area contributed by atoms with E-state index in [4.69, 9.17) is 4.99 Å². The molecule has 0 unspecified atom stereocenters. The molecule has 1 aliphatic carbocycles. The van der Waals surface area contributed by atoms with Crippen LogP contribution in [0.5, 0.6) is 0 Å². The first-order chi connectivity index (χ1) is 13.5. The maximum Gasteiger partial charge on any atom is 0.157 e. The zero-order valence-electron chi connectivity index (χ0n) is 15.8. The number of halogens is 2. The van der Waals surface area contributed by atoms with E-state index < -0.39 is 11.6 Å². The van der Waals surface area contributed by atoms with Crippen molar-refractivity contribution >= 4 is 17.0 Å². The van der Waals surface area contributed by atoms with Gasteiger partial charge in [-0.1, -0.05) is 12.5 Å². The summed E-state index contributed by atoms with van der Waals surface area (Å²) in [6, 6.07) is 3.63. The van der Waals surface area contributed by atoms with Crippen LogP contribution in [-0.2, 0) is 12.8 Å². The second kappa shape index (κ2) is 6.58. The zero-order valence-corrected chi connectivity index (χ0v) is 16.6. The normalized spacial score (nSPS) is 18.6. The minimum atomic E-state index is -0.589. The molecule has 5 rings (SSSR count). The van der Waals surface area contributed by atoms with Gasteiger partial charge >= 0.3 is 0 Å². The van der Waals surface area contributed by atoms with Gasteiger partial charge in [-0.25, -0.2) is 18.4 Å². The average molecular weight is 398 g/mol. The van der Waals surface area contributed by atoms with Crippen LogP contribution in [0.1, 0.15) is 65.4 Å². The van der Waals surface area contributed by atoms with Gasteiger partial charge in [0.1, 0.15) is 28.5 Å². The van der Waals surface area contributed by atoms with Crippen LogP contribution in [0.2, 0.25) is 0 Å². The van der Waals surface area contributed by atoms with E-state index >= 15 is 0 Å². The molecular formula is C21H20F2N4S. The molecule has 0 N–H and O–H groups in total. The van der Waals surface area contributed by atoms with Crippen LogP contribution in [0, 0.1) is 18.6 Å². The van der Waals surface area contributed by atoms with Gasteiger partial charge in [0.05, 0.1) is 11.3 Å². The highest BCUT2D eigenvalue weighted by molar-refractivity contribution is 7.15. The third kappa shape index (κ3) is 2.64. The van der Waals surface area contributed by atoms with E-state index in [1.807, 2.05) is 18.5 Å². The van der Waals surface area contributed by atoms with Crippen LogP contribution >= 0.6 is 11.3 Å². The molecule has 1 aliphatic heterocycles. The predicted molar refractivity (Wildman–Crippen MR) is 106 cm³/mol. The van der Waals surface area contributed by atoms with Gasteiger partial charge < -0.3 is 0 Å². The monoisotopic (exact) mass is 398 g/mol. The number of rotatable bonds is 1. The molecule has 4 nitrogen and oxygen atoms in total. The quantitative estimate of drug-likeness (QED) is 0.536. The average Bonchev–Trinajstić information content (AvgIpc) is 3.09. The fourth-order valence-electron chi connectivity index (χ4n) is 4.20. The lowest BCUT2D eigenvalue weighted by Gasteiger charge is -2.12. The minimum Gasteiger partial charge on any atom is -0.273 e. The Morgan fingerprint density at radius 1 is 1.07 bits per heavy atom. The first kappa shape index (κ1) is 17.7. The molecule has 2 aliphatic rings. The Morgan fingerprint density at radius 2 is 1.82 bits per heavy atom. The highest BCUT2D eigenvalue weighted by Gasteiger charge is 2.33. The van der Waals surface area contributed by atoms with Crippen molar-refractivity contribution in [2.45, 2.75) is 52.0 Å². The summed E-state index contributed by atoms with van der Waals surface area (Å²) in [4.78, 5) is 10.6. The Morgan fingerprint density at radius 3 is 2.61 bits per heavy atom. The van der Waals surface area contributed by atoms with E-state index in [-0.39, 0.29) is 11.6 Å². The van der Waals surface area contributed by atoms with E-state index in [1.54, 1.807) is 11.3 Å². The Labute approximate surface area is 166 Å². The number of aromatic nitrogens is 3. The highest BCUT2D eigenvalue weighted by atomic mass is 32.1. The molecule has 0 radical (unpaired) electrons. The smallest absolute Gasteiger partial charge is 0.157 e. The van der Waals surface area contributed by atoms with Crippen LogP contribution in [0.4, 0.5) is 8.78 Å². The number of aliphatic imine (C=N–C) groups is 1. The van der Waals surface area contributed by atoms with Gasteiger partial charge in [0.25, 0.3) is 0 Å². The Kier molecular flexibility index (Phi) is 4.16. The summed E-state index contributed by atoms with van der Waals surface area (Å²) >= 11 is 1.67. The molecule has 28 heavy (non-hydrogen) atoms. The third-order valence-corrected chi connectivity index (χ3v) is 6.73. The summed E-state index contributed by atoms with van der Waals surface area (Å²) in [5.74, 6) is 0.206. The summed E-state index contributed by atoms with van der Waals surface area (Å²) in [6.45, 7) is 3.75. The molecule has 3 aromatic rings. The van der Waals surface area contributed by atoms with Crippen molar-refractivity contribution in [2.75, 3.05) is 0 Å². The standard InChI is InChI=1S/C21H20F2N4S/c1-11-20-25-12(2)26-27(20)21-17(13-7-4-3-5-10-16(13)28-21)19(24-11)18-14(22)8-6-9-15(18)23/h6,8-9,11H,3-5,7,10H2,1-2H3/t11-/m0/s1. The topological polar surface area (TPSA) is 43.1 Å². The summed E-state index contributed by atoms with van der Waals surface area (Å²) in [5.41, 5.74) is 2.35. The second-order valence-corrected chi connectivity index (χ2v) is 8.51. The van der Waals surface area contributed by atoms with E-state index in [1.165, 1.54) is 35.1 Å².